The first-order valence-corrected chi connectivity index (χ1v) is 15.6. The van der Waals surface area contributed by atoms with E-state index in [4.69, 9.17) is 14.2 Å². The number of amides is 1. The van der Waals surface area contributed by atoms with Crippen molar-refractivity contribution in [1.29, 1.82) is 0 Å². The van der Waals surface area contributed by atoms with Crippen LogP contribution in [-0.4, -0.2) is 38.3 Å². The van der Waals surface area contributed by atoms with Crippen molar-refractivity contribution >= 4 is 18.0 Å². The fourth-order valence-electron chi connectivity index (χ4n) is 4.68. The number of aromatic nitrogens is 3. The number of hydrogen-bond donors (Lipinski definition) is 1. The second-order valence-electron chi connectivity index (χ2n) is 10.8. The molecule has 0 aliphatic heterocycles. The molecule has 1 N–H and O–H groups in total. The second kappa shape index (κ2) is 18.4. The van der Waals surface area contributed by atoms with Gasteiger partial charge in [0.15, 0.2) is 0 Å². The Morgan fingerprint density at radius 2 is 0.854 bits per heavy atom. The topological polar surface area (TPSA) is 157 Å². The molecule has 0 radical (unpaired) electrons. The van der Waals surface area contributed by atoms with Gasteiger partial charge in [0.2, 0.25) is 0 Å². The van der Waals surface area contributed by atoms with E-state index < -0.39 is 35.1 Å². The number of carbonyl (C=O) groups is 3. The maximum absolute atomic E-state index is 13.3. The zero-order valence-corrected chi connectivity index (χ0v) is 26.5. The third-order valence-corrected chi connectivity index (χ3v) is 7.21. The van der Waals surface area contributed by atoms with Crippen LogP contribution in [0, 0.1) is 0 Å². The highest BCUT2D eigenvalue weighted by Gasteiger charge is 2.17. The summed E-state index contributed by atoms with van der Waals surface area (Å²) >= 11 is 0. The van der Waals surface area contributed by atoms with Crippen LogP contribution >= 0.6 is 0 Å². The molecule has 13 nitrogen and oxygen atoms in total. The number of carbonyl (C=O) groups excluding carboxylic acids is 3. The van der Waals surface area contributed by atoms with Gasteiger partial charge in [0.1, 0.15) is 19.8 Å². The number of benzene rings is 3. The molecule has 0 aliphatic carbocycles. The van der Waals surface area contributed by atoms with Gasteiger partial charge in [-0.05, 0) is 29.5 Å². The minimum Gasteiger partial charge on any atom is -0.461 e. The van der Waals surface area contributed by atoms with Crippen molar-refractivity contribution in [2.75, 3.05) is 6.54 Å². The molecule has 48 heavy (non-hydrogen) atoms. The van der Waals surface area contributed by atoms with E-state index in [1.165, 1.54) is 0 Å². The van der Waals surface area contributed by atoms with Crippen LogP contribution in [0.2, 0.25) is 0 Å². The lowest BCUT2D eigenvalue weighted by Crippen LogP contribution is -2.55. The molecular formula is C35H38N4O9. The van der Waals surface area contributed by atoms with Gasteiger partial charge in [-0.15, -0.1) is 0 Å². The summed E-state index contributed by atoms with van der Waals surface area (Å²) in [4.78, 5) is 76.8. The lowest BCUT2D eigenvalue weighted by molar-refractivity contribution is -0.146. The molecule has 0 bridgehead atoms. The van der Waals surface area contributed by atoms with Crippen LogP contribution in [0.5, 0.6) is 0 Å². The molecule has 1 heterocycles. The van der Waals surface area contributed by atoms with Gasteiger partial charge in [-0.2, -0.15) is 0 Å². The first-order chi connectivity index (χ1) is 23.3. The Labute approximate surface area is 276 Å². The highest BCUT2D eigenvalue weighted by atomic mass is 16.5. The average molecular weight is 659 g/mol. The maximum Gasteiger partial charge on any atom is 0.407 e. The average Bonchev–Trinajstić information content (AvgIpc) is 3.11. The van der Waals surface area contributed by atoms with E-state index in [9.17, 15) is 28.8 Å². The highest BCUT2D eigenvalue weighted by Crippen LogP contribution is 2.05. The third kappa shape index (κ3) is 11.0. The van der Waals surface area contributed by atoms with Crippen molar-refractivity contribution in [3.63, 3.8) is 0 Å². The molecular weight excluding hydrogens is 620 g/mol. The Morgan fingerprint density at radius 1 is 0.500 bits per heavy atom. The number of ether oxygens (including phenoxy) is 3. The first-order valence-electron chi connectivity index (χ1n) is 15.6. The summed E-state index contributed by atoms with van der Waals surface area (Å²) in [5, 5.41) is 2.50. The molecule has 0 atom stereocenters. The van der Waals surface area contributed by atoms with E-state index in [-0.39, 0.29) is 71.7 Å². The Morgan fingerprint density at radius 3 is 1.25 bits per heavy atom. The lowest BCUT2D eigenvalue weighted by Gasteiger charge is -2.14. The summed E-state index contributed by atoms with van der Waals surface area (Å²) in [7, 11) is 0. The van der Waals surface area contributed by atoms with Crippen LogP contribution in [0.4, 0.5) is 4.79 Å². The fourth-order valence-corrected chi connectivity index (χ4v) is 4.68. The third-order valence-electron chi connectivity index (χ3n) is 7.21. The van der Waals surface area contributed by atoms with Crippen molar-refractivity contribution in [2.45, 2.75) is 65.1 Å². The van der Waals surface area contributed by atoms with E-state index in [2.05, 4.69) is 5.32 Å². The van der Waals surface area contributed by atoms with E-state index >= 15 is 0 Å². The summed E-state index contributed by atoms with van der Waals surface area (Å²) in [6.45, 7) is -0.507. The van der Waals surface area contributed by atoms with Crippen LogP contribution in [0.1, 0.15) is 42.4 Å². The largest absolute Gasteiger partial charge is 0.461 e. The molecule has 3 aromatic carbocycles. The summed E-state index contributed by atoms with van der Waals surface area (Å²) in [6, 6.07) is 27.3. The number of nitrogens with zero attached hydrogens (tertiary/aromatic N) is 3. The molecule has 4 aromatic rings. The molecule has 252 valence electrons. The van der Waals surface area contributed by atoms with Gasteiger partial charge in [0.25, 0.3) is 0 Å². The predicted molar refractivity (Wildman–Crippen MR) is 175 cm³/mol. The number of rotatable bonds is 17. The molecule has 0 aliphatic rings. The maximum atomic E-state index is 13.3. The summed E-state index contributed by atoms with van der Waals surface area (Å²) in [5.74, 6) is -1.01. The Hall–Kier alpha value is -5.72. The van der Waals surface area contributed by atoms with E-state index in [0.29, 0.717) is 0 Å². The van der Waals surface area contributed by atoms with Gasteiger partial charge < -0.3 is 19.5 Å². The van der Waals surface area contributed by atoms with Gasteiger partial charge in [-0.3, -0.25) is 9.59 Å². The molecule has 0 fully saturated rings. The van der Waals surface area contributed by atoms with E-state index in [1.807, 2.05) is 78.9 Å². The Balaban J connectivity index is 1.39. The highest BCUT2D eigenvalue weighted by molar-refractivity contribution is 5.69. The fraction of sp³-hybridized carbons (Fsp3) is 0.314. The molecule has 0 spiro atoms. The smallest absolute Gasteiger partial charge is 0.407 e. The quantitative estimate of drug-likeness (QED) is 0.133. The minimum atomic E-state index is -0.888. The second-order valence-corrected chi connectivity index (χ2v) is 10.8. The summed E-state index contributed by atoms with van der Waals surface area (Å²) in [5.41, 5.74) is -0.225. The molecule has 4 rings (SSSR count). The Bertz CT molecular complexity index is 1580. The molecule has 13 heteroatoms. The summed E-state index contributed by atoms with van der Waals surface area (Å²) < 4.78 is 18.3. The Kier molecular flexibility index (Phi) is 13.5. The number of nitrogens with one attached hydrogen (secondary N) is 1. The number of alkyl carbamates (subject to hydrolysis) is 1. The van der Waals surface area contributed by atoms with Crippen LogP contribution in [-0.2, 0) is 63.3 Å². The first kappa shape index (κ1) is 35.1. The standard InChI is InChI=1S/C35H38N4O9/c40-30(46-24-27-12-4-1-5-13-27)18-10-21-37-33(43)38(22-11-19-31(41)47-25-28-14-6-2-7-15-28)35(45)39(34(37)44)23-20-36-32(42)48-26-29-16-8-3-9-17-29/h1-9,12-17H,10-11,18-26H2,(H,36,42). The predicted octanol–water partition coefficient (Wildman–Crippen LogP) is 3.15. The van der Waals surface area contributed by atoms with Crippen molar-refractivity contribution in [3.8, 4) is 0 Å². The van der Waals surface area contributed by atoms with E-state index in [0.717, 1.165) is 30.4 Å². The monoisotopic (exact) mass is 658 g/mol. The molecule has 0 saturated heterocycles. The molecule has 0 saturated carbocycles. The number of hydrogen-bond acceptors (Lipinski definition) is 9. The van der Waals surface area contributed by atoms with Gasteiger partial charge in [0, 0.05) is 39.0 Å². The zero-order valence-electron chi connectivity index (χ0n) is 26.5. The van der Waals surface area contributed by atoms with Crippen molar-refractivity contribution in [2.24, 2.45) is 0 Å². The van der Waals surface area contributed by atoms with Gasteiger partial charge >= 0.3 is 35.1 Å². The van der Waals surface area contributed by atoms with Crippen LogP contribution < -0.4 is 22.4 Å². The van der Waals surface area contributed by atoms with Crippen LogP contribution in [0.25, 0.3) is 0 Å². The van der Waals surface area contributed by atoms with Gasteiger partial charge in [-0.25, -0.2) is 32.9 Å². The van der Waals surface area contributed by atoms with Crippen LogP contribution in [0.15, 0.2) is 105 Å². The SMILES string of the molecule is O=C(CCCn1c(=O)n(CCCC(=O)OCc2ccccc2)c(=O)n(CCNC(=O)OCc2ccccc2)c1=O)OCc1ccccc1. The minimum absolute atomic E-state index is 0.0336. The lowest BCUT2D eigenvalue weighted by atomic mass is 10.2. The van der Waals surface area contributed by atoms with Gasteiger partial charge in [-0.1, -0.05) is 91.0 Å². The van der Waals surface area contributed by atoms with E-state index in [1.54, 1.807) is 12.1 Å². The summed E-state index contributed by atoms with van der Waals surface area (Å²) in [6.07, 6.45) is -0.698. The normalized spacial score (nSPS) is 10.7. The van der Waals surface area contributed by atoms with Crippen molar-refractivity contribution in [3.05, 3.63) is 139 Å². The molecule has 0 unspecified atom stereocenters. The zero-order chi connectivity index (χ0) is 34.1. The van der Waals surface area contributed by atoms with Crippen molar-refractivity contribution < 1.29 is 28.6 Å². The number of esters is 2. The van der Waals surface area contributed by atoms with Crippen molar-refractivity contribution in [1.82, 2.24) is 19.0 Å². The van der Waals surface area contributed by atoms with Crippen LogP contribution in [0.3, 0.4) is 0 Å². The molecule has 1 amide bonds. The van der Waals surface area contributed by atoms with Gasteiger partial charge in [0.05, 0.1) is 0 Å². The molecule has 1 aromatic heterocycles.